The van der Waals surface area contributed by atoms with Crippen LogP contribution in [0.5, 0.6) is 0 Å². The van der Waals surface area contributed by atoms with E-state index in [9.17, 15) is 26.4 Å². The minimum absolute atomic E-state index is 0.0384. The number of hydrogen-bond donors (Lipinski definition) is 0. The van der Waals surface area contributed by atoms with Crippen LogP contribution in [0.3, 0.4) is 0 Å². The second-order valence-electron chi connectivity index (χ2n) is 12.8. The first-order chi connectivity index (χ1) is 15.6. The average molecular weight is 511 g/mol. The number of sulfonamides is 2. The summed E-state index contributed by atoms with van der Waals surface area (Å²) in [5.41, 5.74) is -1.20. The zero-order chi connectivity index (χ0) is 24.7. The summed E-state index contributed by atoms with van der Waals surface area (Å²) in [4.78, 5) is 26.3. The molecule has 188 valence electrons. The van der Waals surface area contributed by atoms with E-state index in [1.54, 1.807) is 0 Å². The molecule has 0 aromatic heterocycles. The predicted molar refractivity (Wildman–Crippen MR) is 125 cm³/mol. The highest BCUT2D eigenvalue weighted by Crippen LogP contribution is 2.71. The van der Waals surface area contributed by atoms with Gasteiger partial charge in [0.25, 0.3) is 11.8 Å². The Morgan fingerprint density at radius 3 is 1.38 bits per heavy atom. The maximum Gasteiger partial charge on any atom is 0.260 e. The first-order valence-corrected chi connectivity index (χ1v) is 15.6. The van der Waals surface area contributed by atoms with E-state index in [-0.39, 0.29) is 34.4 Å². The molecular formula is C24H34N2O6S2. The van der Waals surface area contributed by atoms with Crippen molar-refractivity contribution in [1.29, 1.82) is 0 Å². The lowest BCUT2D eigenvalue weighted by molar-refractivity contribution is -0.126. The van der Waals surface area contributed by atoms with Gasteiger partial charge in [-0.2, -0.15) is 0 Å². The van der Waals surface area contributed by atoms with Gasteiger partial charge in [-0.15, -0.1) is 0 Å². The zero-order valence-electron chi connectivity index (χ0n) is 20.3. The molecule has 4 bridgehead atoms. The van der Waals surface area contributed by atoms with E-state index in [1.165, 1.54) is 0 Å². The van der Waals surface area contributed by atoms with E-state index >= 15 is 0 Å². The Hall–Kier alpha value is -1.42. The third-order valence-electron chi connectivity index (χ3n) is 11.6. The van der Waals surface area contributed by atoms with Crippen LogP contribution in [0, 0.1) is 33.5 Å². The predicted octanol–water partition coefficient (Wildman–Crippen LogP) is 2.28. The van der Waals surface area contributed by atoms with Crippen molar-refractivity contribution in [2.45, 2.75) is 78.3 Å². The summed E-state index contributed by atoms with van der Waals surface area (Å²) in [5, 5.41) is 0. The molecule has 2 heterocycles. The van der Waals surface area contributed by atoms with Gasteiger partial charge in [-0.1, -0.05) is 27.7 Å². The largest absolute Gasteiger partial charge is 0.269 e. The fourth-order valence-corrected chi connectivity index (χ4v) is 14.5. The minimum atomic E-state index is -3.80. The lowest BCUT2D eigenvalue weighted by atomic mass is 9.69. The van der Waals surface area contributed by atoms with Crippen LogP contribution in [0.25, 0.3) is 0 Å². The van der Waals surface area contributed by atoms with Crippen LogP contribution in [-0.2, 0) is 29.6 Å². The number of amides is 2. The van der Waals surface area contributed by atoms with Gasteiger partial charge in [0.15, 0.2) is 0 Å². The van der Waals surface area contributed by atoms with Gasteiger partial charge in [0.2, 0.25) is 20.0 Å². The number of nitrogens with zero attached hydrogens (tertiary/aromatic N) is 2. The molecular weight excluding hydrogens is 476 g/mol. The molecule has 0 aromatic rings. The first-order valence-electron chi connectivity index (χ1n) is 12.4. The summed E-state index contributed by atoms with van der Waals surface area (Å²) in [6.45, 7) is 8.44. The average Bonchev–Trinajstić information content (AvgIpc) is 3.40. The number of carbonyl (C=O) groups excluding carboxylic acids is 2. The van der Waals surface area contributed by atoms with E-state index in [4.69, 9.17) is 0 Å². The second kappa shape index (κ2) is 6.28. The highest BCUT2D eigenvalue weighted by atomic mass is 32.2. The SMILES string of the molecule is CC1(C)[C@H]2CC[C@@]13CS(=O)(=O)N(C(=O)/C=C/C(=O)N1C4C[C@H]5CC[C@]4(CS1(=O)=O)C5(C)C)C3C2. The third kappa shape index (κ3) is 2.40. The molecule has 8 nitrogen and oxygen atoms in total. The number of fused-ring (bicyclic) bond motifs is 2. The van der Waals surface area contributed by atoms with Crippen molar-refractivity contribution >= 4 is 31.9 Å². The molecule has 2 aliphatic heterocycles. The molecule has 6 aliphatic rings. The third-order valence-corrected chi connectivity index (χ3v) is 15.5. The van der Waals surface area contributed by atoms with Gasteiger partial charge in [-0.25, -0.2) is 25.4 Å². The Morgan fingerprint density at radius 1 is 0.706 bits per heavy atom. The fourth-order valence-electron chi connectivity index (χ4n) is 9.45. The molecule has 34 heavy (non-hydrogen) atoms. The van der Waals surface area contributed by atoms with Crippen LogP contribution in [0.1, 0.15) is 66.2 Å². The maximum atomic E-state index is 13.2. The second-order valence-corrected chi connectivity index (χ2v) is 16.5. The molecule has 6 rings (SSSR count). The maximum absolute atomic E-state index is 13.2. The monoisotopic (exact) mass is 510 g/mol. The Bertz CT molecular complexity index is 1160. The molecule has 4 aliphatic carbocycles. The highest BCUT2D eigenvalue weighted by Gasteiger charge is 2.73. The van der Waals surface area contributed by atoms with E-state index in [2.05, 4.69) is 27.7 Å². The van der Waals surface area contributed by atoms with Crippen LogP contribution in [0.2, 0.25) is 0 Å². The number of rotatable bonds is 2. The molecule has 2 amide bonds. The van der Waals surface area contributed by atoms with Crippen molar-refractivity contribution in [2.24, 2.45) is 33.5 Å². The van der Waals surface area contributed by atoms with Crippen LogP contribution in [-0.4, -0.2) is 60.8 Å². The van der Waals surface area contributed by atoms with Gasteiger partial charge in [-0.3, -0.25) is 9.59 Å². The molecule has 2 spiro atoms. The van der Waals surface area contributed by atoms with Crippen LogP contribution in [0.4, 0.5) is 0 Å². The summed E-state index contributed by atoms with van der Waals surface area (Å²) in [6.07, 6.45) is 6.79. The fraction of sp³-hybridized carbons (Fsp3) is 0.833. The van der Waals surface area contributed by atoms with Gasteiger partial charge in [-0.05, 0) is 61.2 Å². The summed E-state index contributed by atoms with van der Waals surface area (Å²) in [6, 6.07) is -0.771. The molecule has 4 saturated carbocycles. The van der Waals surface area contributed by atoms with E-state index in [0.29, 0.717) is 24.7 Å². The van der Waals surface area contributed by atoms with Crippen molar-refractivity contribution in [2.75, 3.05) is 11.5 Å². The van der Waals surface area contributed by atoms with E-state index < -0.39 is 42.7 Å². The van der Waals surface area contributed by atoms with Crippen molar-refractivity contribution in [3.05, 3.63) is 12.2 Å². The van der Waals surface area contributed by atoms with Crippen molar-refractivity contribution in [3.8, 4) is 0 Å². The van der Waals surface area contributed by atoms with Crippen LogP contribution in [0.15, 0.2) is 12.2 Å². The van der Waals surface area contributed by atoms with Crippen LogP contribution >= 0.6 is 0 Å². The van der Waals surface area contributed by atoms with Gasteiger partial charge >= 0.3 is 0 Å². The Kier molecular flexibility index (Phi) is 4.25. The summed E-state index contributed by atoms with van der Waals surface area (Å²) >= 11 is 0. The Morgan fingerprint density at radius 2 is 1.06 bits per heavy atom. The van der Waals surface area contributed by atoms with Crippen LogP contribution < -0.4 is 0 Å². The Labute approximate surface area is 202 Å². The number of carbonyl (C=O) groups is 2. The highest BCUT2D eigenvalue weighted by molar-refractivity contribution is 7.90. The van der Waals surface area contributed by atoms with Gasteiger partial charge in [0.05, 0.1) is 23.6 Å². The lowest BCUT2D eigenvalue weighted by Gasteiger charge is -2.37. The first kappa shape index (κ1) is 23.0. The topological polar surface area (TPSA) is 109 Å². The molecule has 0 radical (unpaired) electrons. The minimum Gasteiger partial charge on any atom is -0.269 e. The van der Waals surface area contributed by atoms with Gasteiger partial charge in [0, 0.05) is 23.0 Å². The van der Waals surface area contributed by atoms with Crippen molar-refractivity contribution in [1.82, 2.24) is 8.61 Å². The number of hydrogen-bond acceptors (Lipinski definition) is 6. The molecule has 6 fully saturated rings. The standard InChI is InChI=1S/C24H34N2O6S2/c1-21(2)15-7-9-23(21)13-33(29,30)25(17(23)11-15)19(27)5-6-20(28)26-18-12-16-8-10-24(18,22(16,3)4)14-34(26,31)32/h5-6,15-18H,7-14H2,1-4H3/b6-5+/t15-,16+,17?,18?,23-,24+. The zero-order valence-corrected chi connectivity index (χ0v) is 21.9. The summed E-state index contributed by atoms with van der Waals surface area (Å²) in [5.74, 6) is -0.801. The van der Waals surface area contributed by atoms with Crippen molar-refractivity contribution in [3.63, 3.8) is 0 Å². The molecule has 10 heteroatoms. The smallest absolute Gasteiger partial charge is 0.260 e. The molecule has 2 saturated heterocycles. The van der Waals surface area contributed by atoms with Gasteiger partial charge in [0.1, 0.15) is 0 Å². The lowest BCUT2D eigenvalue weighted by Crippen LogP contribution is -2.44. The van der Waals surface area contributed by atoms with Crippen molar-refractivity contribution < 1.29 is 26.4 Å². The Balaban J connectivity index is 1.27. The molecule has 2 unspecified atom stereocenters. The molecule has 6 atom stereocenters. The quantitative estimate of drug-likeness (QED) is 0.527. The molecule has 0 aromatic carbocycles. The van der Waals surface area contributed by atoms with E-state index in [0.717, 1.165) is 46.4 Å². The summed E-state index contributed by atoms with van der Waals surface area (Å²) < 4.78 is 54.3. The summed E-state index contributed by atoms with van der Waals surface area (Å²) in [7, 11) is -7.60. The molecule has 0 N–H and O–H groups in total. The normalized spacial score (nSPS) is 45.8. The van der Waals surface area contributed by atoms with E-state index in [1.807, 2.05) is 0 Å². The van der Waals surface area contributed by atoms with Gasteiger partial charge < -0.3 is 0 Å².